The summed E-state index contributed by atoms with van der Waals surface area (Å²) in [6.45, 7) is 0. The second-order valence-electron chi connectivity index (χ2n) is 12.5. The SMILES string of the molecule is [Pt+2].[c-]1c(Oc2[c-]c3c(cc2)c2ccccc2n3-c2ccccn2)ccc2c1c1nccn1c1c2ccc2c1c1ccccc1n2-c1ccccc1. The number of benzene rings is 6. The van der Waals surface area contributed by atoms with Gasteiger partial charge in [0.15, 0.2) is 0 Å². The maximum absolute atomic E-state index is 6.51. The Hall–Kier alpha value is -6.23. The van der Waals surface area contributed by atoms with E-state index in [-0.39, 0.29) is 21.1 Å². The van der Waals surface area contributed by atoms with Crippen LogP contribution in [0.4, 0.5) is 0 Å². The van der Waals surface area contributed by atoms with Crippen LogP contribution in [0.1, 0.15) is 0 Å². The molecule has 6 aromatic carbocycles. The molecular formula is C44H25N5OPt. The molecule has 0 spiro atoms. The summed E-state index contributed by atoms with van der Waals surface area (Å²) in [5.41, 5.74) is 7.38. The van der Waals surface area contributed by atoms with Crippen LogP contribution in [0, 0.1) is 12.1 Å². The fourth-order valence-electron chi connectivity index (χ4n) is 7.74. The van der Waals surface area contributed by atoms with E-state index in [0.29, 0.717) is 11.5 Å². The third-order valence-corrected chi connectivity index (χ3v) is 9.79. The smallest absolute Gasteiger partial charge is 0.503 e. The molecule has 0 radical (unpaired) electrons. The zero-order valence-electron chi connectivity index (χ0n) is 26.9. The number of rotatable bonds is 4. The molecule has 0 saturated heterocycles. The molecule has 11 aromatic rings. The quantitative estimate of drug-likeness (QED) is 0.131. The Morgan fingerprint density at radius 3 is 2.04 bits per heavy atom. The van der Waals surface area contributed by atoms with Gasteiger partial charge in [0, 0.05) is 57.6 Å². The van der Waals surface area contributed by atoms with Crippen molar-refractivity contribution < 1.29 is 25.8 Å². The minimum Gasteiger partial charge on any atom is -0.503 e. The maximum atomic E-state index is 6.51. The molecule has 0 bridgehead atoms. The molecule has 242 valence electrons. The monoisotopic (exact) mass is 834 g/mol. The molecule has 51 heavy (non-hydrogen) atoms. The zero-order valence-corrected chi connectivity index (χ0v) is 29.2. The second kappa shape index (κ2) is 11.4. The standard InChI is InChI=1S/C44H25N5O.Pt/c1-2-10-28(11-3-1)48-38-15-7-5-13-35(38)42-39(48)22-21-34-31-19-17-29(26-36(31)44-46-24-25-47(44)43(34)42)50-30-18-20-33-32-12-4-6-14-37(32)49(40(33)27-30)41-16-8-9-23-45-41;/h1-25H;/q-2;+2. The van der Waals surface area contributed by atoms with Gasteiger partial charge in [-0.25, -0.2) is 4.98 Å². The van der Waals surface area contributed by atoms with Crippen LogP contribution in [0.5, 0.6) is 11.5 Å². The van der Waals surface area contributed by atoms with Crippen LogP contribution < -0.4 is 4.74 Å². The molecule has 7 heteroatoms. The van der Waals surface area contributed by atoms with Crippen molar-refractivity contribution in [2.24, 2.45) is 0 Å². The number of aromatic nitrogens is 5. The van der Waals surface area contributed by atoms with Crippen molar-refractivity contribution >= 4 is 70.9 Å². The average Bonchev–Trinajstić information content (AvgIpc) is 3.88. The summed E-state index contributed by atoms with van der Waals surface area (Å²) < 4.78 is 13.2. The van der Waals surface area contributed by atoms with Crippen molar-refractivity contribution in [1.82, 2.24) is 23.5 Å². The molecule has 0 fully saturated rings. The van der Waals surface area contributed by atoms with Crippen molar-refractivity contribution in [2.45, 2.75) is 0 Å². The molecule has 0 aliphatic heterocycles. The van der Waals surface area contributed by atoms with Gasteiger partial charge in [0.1, 0.15) is 5.82 Å². The first-order valence-corrected chi connectivity index (χ1v) is 16.6. The molecule has 0 aliphatic rings. The fourth-order valence-corrected chi connectivity index (χ4v) is 7.74. The Morgan fingerprint density at radius 2 is 1.22 bits per heavy atom. The molecule has 0 aliphatic carbocycles. The normalized spacial score (nSPS) is 11.8. The first kappa shape index (κ1) is 29.7. The van der Waals surface area contributed by atoms with Crippen LogP contribution in [0.2, 0.25) is 0 Å². The molecule has 0 N–H and O–H groups in total. The Kier molecular flexibility index (Phi) is 6.64. The molecule has 0 unspecified atom stereocenters. The first-order chi connectivity index (χ1) is 24.8. The van der Waals surface area contributed by atoms with Crippen LogP contribution in [-0.2, 0) is 21.1 Å². The maximum Gasteiger partial charge on any atom is 2.00 e. The summed E-state index contributed by atoms with van der Waals surface area (Å²) in [6.07, 6.45) is 5.72. The molecule has 6 nitrogen and oxygen atoms in total. The molecule has 0 saturated carbocycles. The summed E-state index contributed by atoms with van der Waals surface area (Å²) in [4.78, 5) is 9.51. The fraction of sp³-hybridized carbons (Fsp3) is 0. The van der Waals surface area contributed by atoms with Gasteiger partial charge >= 0.3 is 21.1 Å². The number of imidazole rings is 1. The number of hydrogen-bond acceptors (Lipinski definition) is 3. The van der Waals surface area contributed by atoms with Gasteiger partial charge in [-0.15, -0.1) is 29.7 Å². The van der Waals surface area contributed by atoms with E-state index < -0.39 is 0 Å². The summed E-state index contributed by atoms with van der Waals surface area (Å²) in [6, 6.07) is 53.3. The molecule has 0 atom stereocenters. The van der Waals surface area contributed by atoms with E-state index in [0.717, 1.165) is 66.2 Å². The molecule has 11 rings (SSSR count). The number of ether oxygens (including phenoxy) is 1. The zero-order chi connectivity index (χ0) is 32.8. The van der Waals surface area contributed by atoms with Crippen molar-refractivity contribution in [2.75, 3.05) is 0 Å². The van der Waals surface area contributed by atoms with Gasteiger partial charge < -0.3 is 18.3 Å². The van der Waals surface area contributed by atoms with E-state index in [1.165, 1.54) is 16.3 Å². The van der Waals surface area contributed by atoms with Crippen LogP contribution in [-0.4, -0.2) is 23.5 Å². The largest absolute Gasteiger partial charge is 2.00 e. The van der Waals surface area contributed by atoms with Gasteiger partial charge in [-0.1, -0.05) is 89.1 Å². The third-order valence-electron chi connectivity index (χ3n) is 9.79. The van der Waals surface area contributed by atoms with Gasteiger partial charge in [-0.3, -0.25) is 4.98 Å². The van der Waals surface area contributed by atoms with Crippen LogP contribution >= 0.6 is 0 Å². The molecule has 5 aromatic heterocycles. The Bertz CT molecular complexity index is 3130. The van der Waals surface area contributed by atoms with Gasteiger partial charge in [0.05, 0.1) is 16.7 Å². The van der Waals surface area contributed by atoms with E-state index in [9.17, 15) is 0 Å². The average molecular weight is 835 g/mol. The minimum atomic E-state index is 0. The predicted octanol–water partition coefficient (Wildman–Crippen LogP) is 10.6. The number of hydrogen-bond donors (Lipinski definition) is 0. The van der Waals surface area contributed by atoms with Crippen molar-refractivity contribution in [3.8, 4) is 23.0 Å². The second-order valence-corrected chi connectivity index (χ2v) is 12.5. The van der Waals surface area contributed by atoms with E-state index in [1.807, 2.05) is 48.9 Å². The van der Waals surface area contributed by atoms with E-state index in [2.05, 4.69) is 134 Å². The van der Waals surface area contributed by atoms with Gasteiger partial charge in [-0.2, -0.15) is 6.07 Å². The van der Waals surface area contributed by atoms with Crippen molar-refractivity contribution in [1.29, 1.82) is 0 Å². The van der Waals surface area contributed by atoms with E-state index in [1.54, 1.807) is 0 Å². The summed E-state index contributed by atoms with van der Waals surface area (Å²) >= 11 is 0. The van der Waals surface area contributed by atoms with Gasteiger partial charge in [-0.05, 0) is 53.2 Å². The van der Waals surface area contributed by atoms with E-state index in [4.69, 9.17) is 9.72 Å². The summed E-state index contributed by atoms with van der Waals surface area (Å²) in [7, 11) is 0. The number of pyridine rings is 2. The Balaban J connectivity index is 0.00000327. The van der Waals surface area contributed by atoms with Gasteiger partial charge in [0.2, 0.25) is 0 Å². The Morgan fingerprint density at radius 1 is 0.510 bits per heavy atom. The van der Waals surface area contributed by atoms with Crippen molar-refractivity contribution in [3.63, 3.8) is 0 Å². The summed E-state index contributed by atoms with van der Waals surface area (Å²) in [5.74, 6) is 2.03. The molecule has 0 amide bonds. The third kappa shape index (κ3) is 4.33. The van der Waals surface area contributed by atoms with Crippen LogP contribution in [0.25, 0.3) is 82.4 Å². The van der Waals surface area contributed by atoms with Crippen molar-refractivity contribution in [3.05, 3.63) is 164 Å². The van der Waals surface area contributed by atoms with E-state index >= 15 is 0 Å². The molecule has 5 heterocycles. The predicted molar refractivity (Wildman–Crippen MR) is 201 cm³/mol. The Labute approximate surface area is 306 Å². The number of para-hydroxylation sites is 3. The van der Waals surface area contributed by atoms with Crippen LogP contribution in [0.3, 0.4) is 0 Å². The molecular weight excluding hydrogens is 810 g/mol. The number of fused-ring (bicyclic) bond motifs is 13. The van der Waals surface area contributed by atoms with Crippen LogP contribution in [0.15, 0.2) is 152 Å². The topological polar surface area (TPSA) is 49.3 Å². The first-order valence-electron chi connectivity index (χ1n) is 16.6. The summed E-state index contributed by atoms with van der Waals surface area (Å²) in [5, 5.41) is 7.72. The number of nitrogens with zero attached hydrogens (tertiary/aromatic N) is 5. The minimum absolute atomic E-state index is 0. The van der Waals surface area contributed by atoms with Gasteiger partial charge in [0.25, 0.3) is 0 Å².